The Kier molecular flexibility index (Phi) is 4.81. The molecule has 2 aromatic rings. The smallest absolute Gasteiger partial charge is 0.337 e. The van der Waals surface area contributed by atoms with Gasteiger partial charge < -0.3 is 9.47 Å². The van der Waals surface area contributed by atoms with Crippen LogP contribution in [0, 0.1) is 11.3 Å². The van der Waals surface area contributed by atoms with Crippen molar-refractivity contribution in [1.29, 1.82) is 5.26 Å². The zero-order valence-electron chi connectivity index (χ0n) is 11.3. The number of hydrogen-bond acceptors (Lipinski definition) is 4. The number of ether oxygens (including phenoxy) is 2. The number of benzene rings is 2. The Morgan fingerprint density at radius 3 is 2.57 bits per heavy atom. The van der Waals surface area contributed by atoms with Gasteiger partial charge in [0.15, 0.2) is 0 Å². The summed E-state index contributed by atoms with van der Waals surface area (Å²) < 4.78 is 10.2. The van der Waals surface area contributed by atoms with Crippen LogP contribution in [-0.2, 0) is 11.3 Å². The van der Waals surface area contributed by atoms with Gasteiger partial charge in [0, 0.05) is 11.1 Å². The van der Waals surface area contributed by atoms with Gasteiger partial charge in [0.1, 0.15) is 18.4 Å². The van der Waals surface area contributed by atoms with Crippen molar-refractivity contribution < 1.29 is 14.3 Å². The van der Waals surface area contributed by atoms with Crippen molar-refractivity contribution in [1.82, 2.24) is 0 Å². The van der Waals surface area contributed by atoms with Crippen molar-refractivity contribution in [2.24, 2.45) is 0 Å². The first kappa shape index (κ1) is 14.9. The van der Waals surface area contributed by atoms with Gasteiger partial charge in [-0.25, -0.2) is 4.79 Å². The molecule has 0 saturated carbocycles. The highest BCUT2D eigenvalue weighted by Gasteiger charge is 2.07. The predicted molar refractivity (Wildman–Crippen MR) is 78.3 cm³/mol. The maximum Gasteiger partial charge on any atom is 0.337 e. The van der Waals surface area contributed by atoms with Gasteiger partial charge in [-0.3, -0.25) is 0 Å². The van der Waals surface area contributed by atoms with Crippen LogP contribution in [-0.4, -0.2) is 13.1 Å². The molecule has 0 bridgehead atoms. The highest BCUT2D eigenvalue weighted by Crippen LogP contribution is 2.23. The molecule has 0 amide bonds. The number of halogens is 1. The van der Waals surface area contributed by atoms with E-state index in [-0.39, 0.29) is 12.6 Å². The molecule has 0 heterocycles. The summed E-state index contributed by atoms with van der Waals surface area (Å²) in [6, 6.07) is 13.7. The van der Waals surface area contributed by atoms with Crippen molar-refractivity contribution in [2.45, 2.75) is 6.61 Å². The maximum absolute atomic E-state index is 11.3. The second-order valence-electron chi connectivity index (χ2n) is 4.23. The maximum atomic E-state index is 11.3. The highest BCUT2D eigenvalue weighted by atomic mass is 35.5. The molecule has 0 aliphatic carbocycles. The third-order valence-corrected chi connectivity index (χ3v) is 3.07. The summed E-state index contributed by atoms with van der Waals surface area (Å²) in [6.07, 6.45) is 0. The van der Waals surface area contributed by atoms with Gasteiger partial charge in [-0.15, -0.1) is 0 Å². The lowest BCUT2D eigenvalue weighted by Crippen LogP contribution is -2.02. The first-order valence-electron chi connectivity index (χ1n) is 6.13. The van der Waals surface area contributed by atoms with E-state index in [4.69, 9.17) is 21.6 Å². The average Bonchev–Trinajstić information content (AvgIpc) is 2.52. The van der Waals surface area contributed by atoms with E-state index in [9.17, 15) is 4.79 Å². The first-order valence-corrected chi connectivity index (χ1v) is 6.51. The third kappa shape index (κ3) is 3.74. The summed E-state index contributed by atoms with van der Waals surface area (Å²) in [5.41, 5.74) is 1.76. The molecular weight excluding hydrogens is 290 g/mol. The van der Waals surface area contributed by atoms with E-state index in [1.54, 1.807) is 42.5 Å². The van der Waals surface area contributed by atoms with E-state index in [0.29, 0.717) is 21.9 Å². The standard InChI is InChI=1S/C16H12ClNO3/c1-20-16(19)12-4-2-11(3-5-12)10-21-15-8-14(17)7-6-13(15)9-18/h2-8H,10H2,1H3. The molecule has 0 unspecified atom stereocenters. The molecule has 0 N–H and O–H groups in total. The number of esters is 1. The monoisotopic (exact) mass is 301 g/mol. The minimum atomic E-state index is -0.385. The van der Waals surface area contributed by atoms with Crippen molar-refractivity contribution >= 4 is 17.6 Å². The molecule has 5 heteroatoms. The molecule has 2 aromatic carbocycles. The van der Waals surface area contributed by atoms with Gasteiger partial charge in [0.05, 0.1) is 18.2 Å². The Bertz CT molecular complexity index is 690. The molecule has 0 radical (unpaired) electrons. The summed E-state index contributed by atoms with van der Waals surface area (Å²) in [4.78, 5) is 11.3. The zero-order chi connectivity index (χ0) is 15.2. The molecule has 4 nitrogen and oxygen atoms in total. The van der Waals surface area contributed by atoms with Gasteiger partial charge in [-0.2, -0.15) is 5.26 Å². The molecule has 0 spiro atoms. The van der Waals surface area contributed by atoms with Crippen LogP contribution in [0.5, 0.6) is 5.75 Å². The normalized spacial score (nSPS) is 9.76. The second kappa shape index (κ2) is 6.78. The second-order valence-corrected chi connectivity index (χ2v) is 4.67. The van der Waals surface area contributed by atoms with Crippen LogP contribution < -0.4 is 4.74 Å². The molecule has 0 aromatic heterocycles. The van der Waals surface area contributed by atoms with Crippen molar-refractivity contribution in [3.8, 4) is 11.8 Å². The number of nitrogens with zero attached hydrogens (tertiary/aromatic N) is 1. The number of carbonyl (C=O) groups is 1. The number of nitriles is 1. The number of rotatable bonds is 4. The topological polar surface area (TPSA) is 59.3 Å². The van der Waals surface area contributed by atoms with Crippen LogP contribution in [0.25, 0.3) is 0 Å². The Balaban J connectivity index is 2.08. The molecule has 2 rings (SSSR count). The fraction of sp³-hybridized carbons (Fsp3) is 0.125. The largest absolute Gasteiger partial charge is 0.487 e. The van der Waals surface area contributed by atoms with Gasteiger partial charge >= 0.3 is 5.97 Å². The lowest BCUT2D eigenvalue weighted by Gasteiger charge is -2.08. The van der Waals surface area contributed by atoms with E-state index < -0.39 is 0 Å². The van der Waals surface area contributed by atoms with Crippen molar-refractivity contribution in [3.05, 3.63) is 64.2 Å². The van der Waals surface area contributed by atoms with Gasteiger partial charge in [-0.1, -0.05) is 23.7 Å². The summed E-state index contributed by atoms with van der Waals surface area (Å²) in [5.74, 6) is 0.0473. The molecule has 0 saturated heterocycles. The quantitative estimate of drug-likeness (QED) is 0.810. The molecule has 0 fully saturated rings. The minimum Gasteiger partial charge on any atom is -0.487 e. The zero-order valence-corrected chi connectivity index (χ0v) is 12.1. The van der Waals surface area contributed by atoms with Crippen LogP contribution in [0.2, 0.25) is 5.02 Å². The van der Waals surface area contributed by atoms with Crippen molar-refractivity contribution in [2.75, 3.05) is 7.11 Å². The van der Waals surface area contributed by atoms with Crippen LogP contribution in [0.4, 0.5) is 0 Å². The van der Waals surface area contributed by atoms with E-state index in [2.05, 4.69) is 4.74 Å². The molecule has 0 aliphatic rings. The van der Waals surface area contributed by atoms with E-state index in [0.717, 1.165) is 5.56 Å². The summed E-state index contributed by atoms with van der Waals surface area (Å²) >= 11 is 5.89. The predicted octanol–water partition coefficient (Wildman–Crippen LogP) is 3.58. The van der Waals surface area contributed by atoms with E-state index in [1.807, 2.05) is 6.07 Å². The van der Waals surface area contributed by atoms with E-state index >= 15 is 0 Å². The molecule has 21 heavy (non-hydrogen) atoms. The van der Waals surface area contributed by atoms with Gasteiger partial charge in [-0.05, 0) is 29.8 Å². The van der Waals surface area contributed by atoms with E-state index in [1.165, 1.54) is 7.11 Å². The SMILES string of the molecule is COC(=O)c1ccc(COc2cc(Cl)ccc2C#N)cc1. The molecule has 0 aliphatic heterocycles. The van der Waals surface area contributed by atoms with Crippen LogP contribution in [0.1, 0.15) is 21.5 Å². The average molecular weight is 302 g/mol. The highest BCUT2D eigenvalue weighted by molar-refractivity contribution is 6.30. The van der Waals surface area contributed by atoms with Crippen LogP contribution >= 0.6 is 11.6 Å². The van der Waals surface area contributed by atoms with Gasteiger partial charge in [0.2, 0.25) is 0 Å². The molecule has 106 valence electrons. The lowest BCUT2D eigenvalue weighted by atomic mass is 10.1. The fourth-order valence-electron chi connectivity index (χ4n) is 1.72. The number of hydrogen-bond donors (Lipinski definition) is 0. The summed E-state index contributed by atoms with van der Waals surface area (Å²) in [5, 5.41) is 9.51. The summed E-state index contributed by atoms with van der Waals surface area (Å²) in [6.45, 7) is 0.274. The Hall–Kier alpha value is -2.51. The Morgan fingerprint density at radius 2 is 1.95 bits per heavy atom. The Labute approximate surface area is 127 Å². The Morgan fingerprint density at radius 1 is 1.24 bits per heavy atom. The van der Waals surface area contributed by atoms with Gasteiger partial charge in [0.25, 0.3) is 0 Å². The molecular formula is C16H12ClNO3. The van der Waals surface area contributed by atoms with Crippen LogP contribution in [0.3, 0.4) is 0 Å². The number of methoxy groups -OCH3 is 1. The fourth-order valence-corrected chi connectivity index (χ4v) is 1.89. The van der Waals surface area contributed by atoms with Crippen LogP contribution in [0.15, 0.2) is 42.5 Å². The third-order valence-electron chi connectivity index (χ3n) is 2.83. The lowest BCUT2D eigenvalue weighted by molar-refractivity contribution is 0.0600. The number of carbonyl (C=O) groups excluding carboxylic acids is 1. The molecule has 0 atom stereocenters. The first-order chi connectivity index (χ1) is 10.1. The minimum absolute atomic E-state index is 0.274. The van der Waals surface area contributed by atoms with Crippen molar-refractivity contribution in [3.63, 3.8) is 0 Å². The summed E-state index contributed by atoms with van der Waals surface area (Å²) in [7, 11) is 1.34.